The first kappa shape index (κ1) is 20.4. The summed E-state index contributed by atoms with van der Waals surface area (Å²) >= 11 is 0. The SMILES string of the molecule is COc1cc(C(C)=O)ccc1OCCCC(=O)NCc1nc2ccccc2n1C. The molecule has 0 aliphatic carbocycles. The van der Waals surface area contributed by atoms with E-state index in [9.17, 15) is 9.59 Å². The van der Waals surface area contributed by atoms with Crippen LogP contribution in [-0.2, 0) is 18.4 Å². The number of imidazole rings is 1. The Kier molecular flexibility index (Phi) is 6.49. The molecular weight excluding hydrogens is 370 g/mol. The van der Waals surface area contributed by atoms with Crippen LogP contribution in [0.3, 0.4) is 0 Å². The standard InChI is InChI=1S/C22H25N3O4/c1-15(26)16-10-11-19(20(13-16)28-3)29-12-6-9-22(27)23-14-21-24-17-7-4-5-8-18(17)25(21)2/h4-5,7-8,10-11,13H,6,9,12,14H2,1-3H3,(H,23,27). The number of hydrogen-bond donors (Lipinski definition) is 1. The van der Waals surface area contributed by atoms with Gasteiger partial charge in [0.2, 0.25) is 5.91 Å². The highest BCUT2D eigenvalue weighted by Crippen LogP contribution is 2.28. The van der Waals surface area contributed by atoms with Crippen LogP contribution < -0.4 is 14.8 Å². The summed E-state index contributed by atoms with van der Waals surface area (Å²) in [6.07, 6.45) is 0.907. The summed E-state index contributed by atoms with van der Waals surface area (Å²) in [4.78, 5) is 28.1. The maximum absolute atomic E-state index is 12.1. The van der Waals surface area contributed by atoms with Crippen LogP contribution >= 0.6 is 0 Å². The molecule has 1 N–H and O–H groups in total. The number of nitrogens with zero attached hydrogens (tertiary/aromatic N) is 2. The second-order valence-corrected chi connectivity index (χ2v) is 6.73. The second kappa shape index (κ2) is 9.23. The number of fused-ring (bicyclic) bond motifs is 1. The van der Waals surface area contributed by atoms with Crippen LogP contribution in [0.5, 0.6) is 11.5 Å². The van der Waals surface area contributed by atoms with E-state index in [-0.39, 0.29) is 11.7 Å². The highest BCUT2D eigenvalue weighted by Gasteiger charge is 2.10. The molecule has 0 spiro atoms. The summed E-state index contributed by atoms with van der Waals surface area (Å²) < 4.78 is 13.0. The molecule has 3 aromatic rings. The Labute approximate surface area is 169 Å². The Morgan fingerprint density at radius 2 is 1.93 bits per heavy atom. The van der Waals surface area contributed by atoms with Gasteiger partial charge in [-0.05, 0) is 43.7 Å². The third-order valence-electron chi connectivity index (χ3n) is 4.70. The molecule has 0 fully saturated rings. The Balaban J connectivity index is 1.45. The lowest BCUT2D eigenvalue weighted by molar-refractivity contribution is -0.121. The number of ketones is 1. The van der Waals surface area contributed by atoms with Crippen LogP contribution in [0, 0.1) is 0 Å². The van der Waals surface area contributed by atoms with Gasteiger partial charge in [0, 0.05) is 19.0 Å². The highest BCUT2D eigenvalue weighted by atomic mass is 16.5. The summed E-state index contributed by atoms with van der Waals surface area (Å²) in [5.41, 5.74) is 2.52. The van der Waals surface area contributed by atoms with Gasteiger partial charge in [-0.1, -0.05) is 12.1 Å². The fourth-order valence-electron chi connectivity index (χ4n) is 3.04. The molecule has 0 aliphatic rings. The molecule has 1 amide bonds. The van der Waals surface area contributed by atoms with Crippen molar-refractivity contribution in [1.29, 1.82) is 0 Å². The third-order valence-corrected chi connectivity index (χ3v) is 4.70. The van der Waals surface area contributed by atoms with Crippen LogP contribution in [0.25, 0.3) is 11.0 Å². The van der Waals surface area contributed by atoms with Crippen LogP contribution in [0.15, 0.2) is 42.5 Å². The van der Waals surface area contributed by atoms with E-state index in [1.807, 2.05) is 35.9 Å². The first-order chi connectivity index (χ1) is 14.0. The molecule has 1 aromatic heterocycles. The number of aryl methyl sites for hydroxylation is 1. The van der Waals surface area contributed by atoms with Crippen molar-refractivity contribution in [3.63, 3.8) is 0 Å². The molecule has 29 heavy (non-hydrogen) atoms. The van der Waals surface area contributed by atoms with Gasteiger partial charge in [-0.3, -0.25) is 9.59 Å². The van der Waals surface area contributed by atoms with Crippen molar-refractivity contribution in [3.05, 3.63) is 53.9 Å². The van der Waals surface area contributed by atoms with Crippen LogP contribution in [0.2, 0.25) is 0 Å². The number of aromatic nitrogens is 2. The Bertz CT molecular complexity index is 1030. The zero-order valence-corrected chi connectivity index (χ0v) is 16.9. The van der Waals surface area contributed by atoms with Gasteiger partial charge in [0.05, 0.1) is 31.3 Å². The molecule has 1 heterocycles. The summed E-state index contributed by atoms with van der Waals surface area (Å²) in [6.45, 7) is 2.25. The number of Topliss-reactive ketones (excluding diaryl/α,β-unsaturated/α-hetero) is 1. The van der Waals surface area contributed by atoms with Crippen molar-refractivity contribution in [3.8, 4) is 11.5 Å². The van der Waals surface area contributed by atoms with E-state index >= 15 is 0 Å². The predicted molar refractivity (Wildman–Crippen MR) is 110 cm³/mol. The van der Waals surface area contributed by atoms with Gasteiger partial charge < -0.3 is 19.4 Å². The van der Waals surface area contributed by atoms with Crippen LogP contribution in [-0.4, -0.2) is 35.0 Å². The van der Waals surface area contributed by atoms with E-state index in [2.05, 4.69) is 10.3 Å². The minimum atomic E-state index is -0.0560. The molecule has 0 saturated heterocycles. The monoisotopic (exact) mass is 395 g/mol. The number of carbonyl (C=O) groups excluding carboxylic acids is 2. The minimum Gasteiger partial charge on any atom is -0.493 e. The normalized spacial score (nSPS) is 10.7. The number of hydrogen-bond acceptors (Lipinski definition) is 5. The Morgan fingerprint density at radius 3 is 2.66 bits per heavy atom. The first-order valence-corrected chi connectivity index (χ1v) is 9.48. The second-order valence-electron chi connectivity index (χ2n) is 6.73. The van der Waals surface area contributed by atoms with Gasteiger partial charge in [-0.25, -0.2) is 4.98 Å². The van der Waals surface area contributed by atoms with E-state index in [1.165, 1.54) is 14.0 Å². The average molecular weight is 395 g/mol. The summed E-state index contributed by atoms with van der Waals surface area (Å²) in [5, 5.41) is 2.90. The molecule has 0 saturated carbocycles. The molecule has 152 valence electrons. The zero-order valence-electron chi connectivity index (χ0n) is 16.9. The van der Waals surface area contributed by atoms with Crippen molar-refractivity contribution in [2.24, 2.45) is 7.05 Å². The lowest BCUT2D eigenvalue weighted by atomic mass is 10.1. The molecule has 0 bridgehead atoms. The number of carbonyl (C=O) groups is 2. The number of amides is 1. The maximum Gasteiger partial charge on any atom is 0.220 e. The Hall–Kier alpha value is -3.35. The number of benzene rings is 2. The molecular formula is C22H25N3O4. The van der Waals surface area contributed by atoms with Crippen LogP contribution in [0.1, 0.15) is 35.9 Å². The molecule has 0 unspecified atom stereocenters. The number of rotatable bonds is 9. The quantitative estimate of drug-likeness (QED) is 0.444. The van der Waals surface area contributed by atoms with Crippen molar-refractivity contribution >= 4 is 22.7 Å². The van der Waals surface area contributed by atoms with Gasteiger partial charge in [0.1, 0.15) is 5.82 Å². The predicted octanol–water partition coefficient (Wildman–Crippen LogP) is 3.26. The smallest absolute Gasteiger partial charge is 0.220 e. The fourth-order valence-corrected chi connectivity index (χ4v) is 3.04. The third kappa shape index (κ3) is 4.93. The number of ether oxygens (including phenoxy) is 2. The molecule has 0 aliphatic heterocycles. The lowest BCUT2D eigenvalue weighted by Gasteiger charge is -2.11. The summed E-state index contributed by atoms with van der Waals surface area (Å²) in [5.74, 6) is 1.78. The van der Waals surface area contributed by atoms with Gasteiger partial charge >= 0.3 is 0 Å². The van der Waals surface area contributed by atoms with E-state index < -0.39 is 0 Å². The van der Waals surface area contributed by atoms with Crippen molar-refractivity contribution < 1.29 is 19.1 Å². The van der Waals surface area contributed by atoms with Gasteiger partial charge in [-0.15, -0.1) is 0 Å². The van der Waals surface area contributed by atoms with Crippen LogP contribution in [0.4, 0.5) is 0 Å². The molecule has 3 rings (SSSR count). The number of nitrogens with one attached hydrogen (secondary N) is 1. The lowest BCUT2D eigenvalue weighted by Crippen LogP contribution is -2.24. The average Bonchev–Trinajstić information content (AvgIpc) is 3.05. The summed E-state index contributed by atoms with van der Waals surface area (Å²) in [7, 11) is 3.47. The first-order valence-electron chi connectivity index (χ1n) is 9.48. The largest absolute Gasteiger partial charge is 0.493 e. The van der Waals surface area contributed by atoms with E-state index in [1.54, 1.807) is 18.2 Å². The van der Waals surface area contributed by atoms with Gasteiger partial charge in [-0.2, -0.15) is 0 Å². The van der Waals surface area contributed by atoms with Crippen molar-refractivity contribution in [1.82, 2.24) is 14.9 Å². The fraction of sp³-hybridized carbons (Fsp3) is 0.318. The number of para-hydroxylation sites is 2. The zero-order chi connectivity index (χ0) is 20.8. The highest BCUT2D eigenvalue weighted by molar-refractivity contribution is 5.94. The van der Waals surface area contributed by atoms with E-state index in [0.29, 0.717) is 43.1 Å². The van der Waals surface area contributed by atoms with E-state index in [4.69, 9.17) is 9.47 Å². The molecule has 2 aromatic carbocycles. The summed E-state index contributed by atoms with van der Waals surface area (Å²) in [6, 6.07) is 12.9. The molecule has 0 radical (unpaired) electrons. The van der Waals surface area contributed by atoms with Crippen molar-refractivity contribution in [2.75, 3.05) is 13.7 Å². The van der Waals surface area contributed by atoms with E-state index in [0.717, 1.165) is 16.9 Å². The van der Waals surface area contributed by atoms with Crippen molar-refractivity contribution in [2.45, 2.75) is 26.3 Å². The molecule has 7 heteroatoms. The van der Waals surface area contributed by atoms with Gasteiger partial charge in [0.25, 0.3) is 0 Å². The minimum absolute atomic E-state index is 0.0351. The number of methoxy groups -OCH3 is 1. The van der Waals surface area contributed by atoms with Gasteiger partial charge in [0.15, 0.2) is 17.3 Å². The molecule has 7 nitrogen and oxygen atoms in total. The Morgan fingerprint density at radius 1 is 1.14 bits per heavy atom. The topological polar surface area (TPSA) is 82.4 Å². The molecule has 0 atom stereocenters. The maximum atomic E-state index is 12.1.